The maximum atomic E-state index is 12.4. The van der Waals surface area contributed by atoms with Gasteiger partial charge in [-0.1, -0.05) is 11.6 Å². The van der Waals surface area contributed by atoms with Crippen molar-refractivity contribution in [3.63, 3.8) is 0 Å². The van der Waals surface area contributed by atoms with E-state index >= 15 is 0 Å². The molecule has 0 unspecified atom stereocenters. The zero-order chi connectivity index (χ0) is 19.5. The molecular weight excluding hydrogens is 394 g/mol. The summed E-state index contributed by atoms with van der Waals surface area (Å²) in [5.41, 5.74) is -0.158. The van der Waals surface area contributed by atoms with Crippen molar-refractivity contribution in [3.8, 4) is 5.69 Å². The molecule has 0 bridgehead atoms. The average Bonchev–Trinajstić information content (AvgIpc) is 2.87. The van der Waals surface area contributed by atoms with Gasteiger partial charge < -0.3 is 4.74 Å². The minimum atomic E-state index is -5.38. The van der Waals surface area contributed by atoms with Gasteiger partial charge in [0.2, 0.25) is 0 Å². The molecule has 26 heavy (non-hydrogen) atoms. The van der Waals surface area contributed by atoms with Gasteiger partial charge in [0, 0.05) is 12.7 Å². The number of rotatable bonds is 4. The second-order valence-corrected chi connectivity index (χ2v) is 5.15. The fourth-order valence-corrected chi connectivity index (χ4v) is 2.08. The molecule has 0 aliphatic carbocycles. The number of nitrogens with zero attached hydrogens (tertiary/aromatic N) is 4. The van der Waals surface area contributed by atoms with Gasteiger partial charge in [-0.25, -0.2) is 9.48 Å². The van der Waals surface area contributed by atoms with Crippen LogP contribution in [-0.2, 0) is 4.74 Å². The van der Waals surface area contributed by atoms with Crippen LogP contribution in [-0.4, -0.2) is 39.9 Å². The molecule has 0 aliphatic rings. The van der Waals surface area contributed by atoms with Gasteiger partial charge >= 0.3 is 18.6 Å². The molecule has 142 valence electrons. The first kappa shape index (κ1) is 19.8. The van der Waals surface area contributed by atoms with Crippen LogP contribution in [0, 0.1) is 0 Å². The summed E-state index contributed by atoms with van der Waals surface area (Å²) in [5.74, 6) is 0. The smallest absolute Gasteiger partial charge is 0.356 e. The van der Waals surface area contributed by atoms with Crippen LogP contribution in [0.4, 0.5) is 36.8 Å². The minimum absolute atomic E-state index is 0.114. The normalized spacial score (nSPS) is 12.1. The second-order valence-electron chi connectivity index (χ2n) is 4.79. The van der Waals surface area contributed by atoms with E-state index < -0.39 is 42.4 Å². The predicted molar refractivity (Wildman–Crippen MR) is 76.9 cm³/mol. The fraction of sp³-hybridized carbons (Fsp3) is 0.308. The van der Waals surface area contributed by atoms with E-state index in [4.69, 9.17) is 11.6 Å². The van der Waals surface area contributed by atoms with E-state index in [1.54, 1.807) is 0 Å². The standard InChI is InChI=1S/C13H9ClF6N4O2/c14-10-9(7-24(22-10)8-2-1-4-21-6-8)23(5-3-12(15,16)17)11(25)26-13(18,19)20/h1-2,4,6-7H,3,5H2. The molecule has 0 aliphatic heterocycles. The molecule has 0 atom stereocenters. The van der Waals surface area contributed by atoms with Crippen LogP contribution in [0.5, 0.6) is 0 Å². The van der Waals surface area contributed by atoms with Gasteiger partial charge in [-0.3, -0.25) is 9.88 Å². The van der Waals surface area contributed by atoms with Gasteiger partial charge in [0.15, 0.2) is 5.15 Å². The fourth-order valence-electron chi connectivity index (χ4n) is 1.85. The number of carbonyl (C=O) groups excluding carboxylic acids is 1. The van der Waals surface area contributed by atoms with Crippen molar-refractivity contribution >= 4 is 23.4 Å². The Morgan fingerprint density at radius 3 is 2.50 bits per heavy atom. The van der Waals surface area contributed by atoms with Gasteiger partial charge in [-0.15, -0.1) is 13.2 Å². The molecule has 0 N–H and O–H groups in total. The molecule has 0 radical (unpaired) electrons. The van der Waals surface area contributed by atoms with Crippen LogP contribution in [0.25, 0.3) is 5.69 Å². The van der Waals surface area contributed by atoms with E-state index in [1.165, 1.54) is 24.5 Å². The van der Waals surface area contributed by atoms with Crippen molar-refractivity contribution in [3.05, 3.63) is 35.9 Å². The Morgan fingerprint density at radius 2 is 1.96 bits per heavy atom. The molecule has 0 fully saturated rings. The Labute approximate surface area is 146 Å². The summed E-state index contributed by atoms with van der Waals surface area (Å²) in [6, 6.07) is 3.03. The Kier molecular flexibility index (Phi) is 5.64. The molecule has 2 aromatic heterocycles. The first-order valence-corrected chi connectivity index (χ1v) is 7.13. The summed E-state index contributed by atoms with van der Waals surface area (Å²) >= 11 is 5.79. The lowest BCUT2D eigenvalue weighted by Gasteiger charge is -2.22. The Morgan fingerprint density at radius 1 is 1.27 bits per heavy atom. The number of ether oxygens (including phenoxy) is 1. The topological polar surface area (TPSA) is 60.2 Å². The van der Waals surface area contributed by atoms with Crippen molar-refractivity contribution < 1.29 is 35.9 Å². The highest BCUT2D eigenvalue weighted by Gasteiger charge is 2.39. The molecule has 2 heterocycles. The molecule has 0 saturated carbocycles. The minimum Gasteiger partial charge on any atom is -0.356 e. The van der Waals surface area contributed by atoms with Crippen LogP contribution < -0.4 is 4.90 Å². The van der Waals surface area contributed by atoms with Crippen molar-refractivity contribution in [2.24, 2.45) is 0 Å². The number of anilines is 1. The molecule has 0 spiro atoms. The highest BCUT2D eigenvalue weighted by molar-refractivity contribution is 6.32. The number of hydrogen-bond acceptors (Lipinski definition) is 4. The van der Waals surface area contributed by atoms with E-state index in [1.807, 2.05) is 0 Å². The van der Waals surface area contributed by atoms with Gasteiger partial charge in [-0.05, 0) is 12.1 Å². The third-order valence-electron chi connectivity index (χ3n) is 2.90. The van der Waals surface area contributed by atoms with Crippen LogP contribution in [0.15, 0.2) is 30.7 Å². The molecule has 2 aromatic rings. The zero-order valence-electron chi connectivity index (χ0n) is 12.6. The zero-order valence-corrected chi connectivity index (χ0v) is 13.3. The number of alkyl halides is 6. The first-order valence-electron chi connectivity index (χ1n) is 6.76. The Hall–Kier alpha value is -2.50. The van der Waals surface area contributed by atoms with Gasteiger partial charge in [-0.2, -0.15) is 18.3 Å². The number of pyridine rings is 1. The van der Waals surface area contributed by atoms with Crippen LogP contribution in [0.2, 0.25) is 5.15 Å². The van der Waals surface area contributed by atoms with E-state index in [9.17, 15) is 31.1 Å². The van der Waals surface area contributed by atoms with Crippen molar-refractivity contribution in [2.45, 2.75) is 19.0 Å². The van der Waals surface area contributed by atoms with Crippen LogP contribution in [0.3, 0.4) is 0 Å². The lowest BCUT2D eigenvalue weighted by Crippen LogP contribution is -2.37. The van der Waals surface area contributed by atoms with Crippen LogP contribution >= 0.6 is 11.6 Å². The SMILES string of the molecule is O=C(OC(F)(F)F)N(CCC(F)(F)F)c1cn(-c2cccnc2)nc1Cl. The number of carbonyl (C=O) groups is 1. The summed E-state index contributed by atoms with van der Waals surface area (Å²) in [4.78, 5) is 15.6. The average molecular weight is 403 g/mol. The van der Waals surface area contributed by atoms with E-state index in [0.717, 1.165) is 10.9 Å². The summed E-state index contributed by atoms with van der Waals surface area (Å²) in [6.45, 7) is -1.14. The summed E-state index contributed by atoms with van der Waals surface area (Å²) in [6.07, 6.45) is -9.98. The second kappa shape index (κ2) is 7.40. The number of halogens is 7. The quantitative estimate of drug-likeness (QED) is 0.714. The maximum absolute atomic E-state index is 12.4. The molecule has 2 rings (SSSR count). The van der Waals surface area contributed by atoms with E-state index in [2.05, 4.69) is 14.8 Å². The molecule has 0 saturated heterocycles. The monoisotopic (exact) mass is 402 g/mol. The number of amides is 1. The highest BCUT2D eigenvalue weighted by atomic mass is 35.5. The predicted octanol–water partition coefficient (Wildman–Crippen LogP) is 4.34. The van der Waals surface area contributed by atoms with Gasteiger partial charge in [0.1, 0.15) is 5.69 Å². The lowest BCUT2D eigenvalue weighted by molar-refractivity contribution is -0.290. The van der Waals surface area contributed by atoms with E-state index in [0.29, 0.717) is 5.69 Å². The number of hydrogen-bond donors (Lipinski definition) is 0. The molecule has 6 nitrogen and oxygen atoms in total. The van der Waals surface area contributed by atoms with Crippen molar-refractivity contribution in [2.75, 3.05) is 11.4 Å². The van der Waals surface area contributed by atoms with Crippen molar-refractivity contribution in [1.29, 1.82) is 0 Å². The maximum Gasteiger partial charge on any atom is 0.576 e. The molecule has 1 amide bonds. The highest BCUT2D eigenvalue weighted by Crippen LogP contribution is 2.30. The Bertz CT molecular complexity index is 762. The third-order valence-corrected chi connectivity index (χ3v) is 3.16. The lowest BCUT2D eigenvalue weighted by atomic mass is 10.3. The third kappa shape index (κ3) is 5.51. The van der Waals surface area contributed by atoms with Gasteiger partial charge in [0.25, 0.3) is 0 Å². The van der Waals surface area contributed by atoms with Crippen molar-refractivity contribution in [1.82, 2.24) is 14.8 Å². The Balaban J connectivity index is 2.35. The molecular formula is C13H9ClF6N4O2. The van der Waals surface area contributed by atoms with E-state index in [-0.39, 0.29) is 4.90 Å². The summed E-state index contributed by atoms with van der Waals surface area (Å²) < 4.78 is 78.4. The first-order chi connectivity index (χ1) is 12.0. The summed E-state index contributed by atoms with van der Waals surface area (Å²) in [5, 5.41) is 3.26. The summed E-state index contributed by atoms with van der Waals surface area (Å²) in [7, 11) is 0. The van der Waals surface area contributed by atoms with Crippen LogP contribution in [0.1, 0.15) is 6.42 Å². The number of aromatic nitrogens is 3. The molecule has 0 aromatic carbocycles. The molecule has 13 heteroatoms. The van der Waals surface area contributed by atoms with Gasteiger partial charge in [0.05, 0.1) is 24.5 Å². The largest absolute Gasteiger partial charge is 0.576 e.